The van der Waals surface area contributed by atoms with Crippen molar-refractivity contribution in [2.45, 2.75) is 12.6 Å². The number of primary amides is 1. The number of carbonyl (C=O) groups excluding carboxylic acids is 1. The van der Waals surface area contributed by atoms with E-state index in [0.717, 1.165) is 11.1 Å². The molecule has 0 aromatic heterocycles. The second-order valence-corrected chi connectivity index (χ2v) is 5.30. The molecule has 2 rings (SSSR count). The van der Waals surface area contributed by atoms with Crippen molar-refractivity contribution >= 4 is 5.91 Å². The summed E-state index contributed by atoms with van der Waals surface area (Å²) in [6, 6.07) is 14.9. The molecule has 6 nitrogen and oxygen atoms in total. The molecule has 0 spiro atoms. The van der Waals surface area contributed by atoms with Crippen LogP contribution < -0.4 is 20.5 Å². The first kappa shape index (κ1) is 17.8. The van der Waals surface area contributed by atoms with Crippen LogP contribution in [0, 0.1) is 0 Å². The molecule has 6 heteroatoms. The van der Waals surface area contributed by atoms with Crippen molar-refractivity contribution < 1.29 is 19.4 Å². The van der Waals surface area contributed by atoms with Gasteiger partial charge in [-0.1, -0.05) is 36.4 Å². The van der Waals surface area contributed by atoms with Gasteiger partial charge in [0.1, 0.15) is 0 Å². The molecule has 0 saturated carbocycles. The van der Waals surface area contributed by atoms with E-state index in [9.17, 15) is 9.90 Å². The molecule has 0 aliphatic rings. The first-order valence-electron chi connectivity index (χ1n) is 7.62. The Bertz CT molecular complexity index is 661. The van der Waals surface area contributed by atoms with E-state index in [1.54, 1.807) is 6.07 Å². The fraction of sp³-hybridized carbons (Fsp3) is 0.278. The zero-order valence-electron chi connectivity index (χ0n) is 13.6. The number of benzene rings is 2. The van der Waals surface area contributed by atoms with Crippen molar-refractivity contribution in [1.82, 2.24) is 5.32 Å². The third kappa shape index (κ3) is 5.26. The van der Waals surface area contributed by atoms with Gasteiger partial charge in [-0.2, -0.15) is 0 Å². The highest BCUT2D eigenvalue weighted by atomic mass is 16.5. The highest BCUT2D eigenvalue weighted by Crippen LogP contribution is 2.28. The van der Waals surface area contributed by atoms with Crippen molar-refractivity contribution in [1.29, 1.82) is 0 Å². The number of hydrogen-bond donors (Lipinski definition) is 3. The molecule has 128 valence electrons. The molecule has 0 unspecified atom stereocenters. The van der Waals surface area contributed by atoms with Crippen LogP contribution in [-0.2, 0) is 11.3 Å². The van der Waals surface area contributed by atoms with E-state index in [4.69, 9.17) is 15.2 Å². The lowest BCUT2D eigenvalue weighted by Gasteiger charge is -2.14. The van der Waals surface area contributed by atoms with E-state index in [1.165, 1.54) is 7.11 Å². The number of carbonyl (C=O) groups is 1. The predicted octanol–water partition coefficient (Wildman–Crippen LogP) is 1.38. The number of rotatable bonds is 9. The number of aliphatic hydroxyl groups is 1. The van der Waals surface area contributed by atoms with Gasteiger partial charge in [-0.25, -0.2) is 0 Å². The van der Waals surface area contributed by atoms with E-state index < -0.39 is 12.0 Å². The van der Waals surface area contributed by atoms with Gasteiger partial charge < -0.3 is 25.6 Å². The maximum absolute atomic E-state index is 10.8. The van der Waals surface area contributed by atoms with Gasteiger partial charge in [0.2, 0.25) is 0 Å². The first-order chi connectivity index (χ1) is 11.6. The normalized spacial score (nSPS) is 11.8. The van der Waals surface area contributed by atoms with Crippen molar-refractivity contribution in [3.63, 3.8) is 0 Å². The van der Waals surface area contributed by atoms with Crippen molar-refractivity contribution in [2.24, 2.45) is 5.73 Å². The van der Waals surface area contributed by atoms with Crippen LogP contribution in [0.1, 0.15) is 17.2 Å². The number of nitrogens with one attached hydrogen (secondary N) is 1. The molecule has 0 heterocycles. The van der Waals surface area contributed by atoms with Gasteiger partial charge in [0.05, 0.1) is 13.2 Å². The summed E-state index contributed by atoms with van der Waals surface area (Å²) < 4.78 is 10.5. The molecule has 0 radical (unpaired) electrons. The summed E-state index contributed by atoms with van der Waals surface area (Å²) in [6.07, 6.45) is -0.564. The van der Waals surface area contributed by atoms with Crippen LogP contribution in [0.4, 0.5) is 0 Å². The predicted molar refractivity (Wildman–Crippen MR) is 90.8 cm³/mol. The summed E-state index contributed by atoms with van der Waals surface area (Å²) >= 11 is 0. The minimum absolute atomic E-state index is 0.197. The highest BCUT2D eigenvalue weighted by Gasteiger charge is 2.09. The zero-order chi connectivity index (χ0) is 17.4. The van der Waals surface area contributed by atoms with E-state index in [1.807, 2.05) is 42.5 Å². The smallest absolute Gasteiger partial charge is 0.255 e. The molecule has 0 aliphatic carbocycles. The number of nitrogens with two attached hydrogens (primary N) is 1. The fourth-order valence-electron chi connectivity index (χ4n) is 2.24. The number of ether oxygens (including phenoxy) is 2. The molecule has 24 heavy (non-hydrogen) atoms. The van der Waals surface area contributed by atoms with Crippen LogP contribution in [0.15, 0.2) is 48.5 Å². The van der Waals surface area contributed by atoms with E-state index in [0.29, 0.717) is 24.6 Å². The van der Waals surface area contributed by atoms with Gasteiger partial charge in [-0.05, 0) is 23.3 Å². The Hall–Kier alpha value is -2.57. The molecule has 1 atom stereocenters. The molecule has 1 amide bonds. The minimum atomic E-state index is -0.564. The number of hydrogen-bond acceptors (Lipinski definition) is 5. The van der Waals surface area contributed by atoms with Crippen LogP contribution in [0.2, 0.25) is 0 Å². The Labute approximate surface area is 141 Å². The van der Waals surface area contributed by atoms with Gasteiger partial charge in [0, 0.05) is 13.1 Å². The molecule has 0 bridgehead atoms. The third-order valence-corrected chi connectivity index (χ3v) is 3.45. The van der Waals surface area contributed by atoms with Gasteiger partial charge in [-0.3, -0.25) is 4.79 Å². The lowest BCUT2D eigenvalue weighted by atomic mass is 10.1. The van der Waals surface area contributed by atoms with Crippen molar-refractivity contribution in [2.75, 3.05) is 20.3 Å². The van der Waals surface area contributed by atoms with Crippen LogP contribution in [0.3, 0.4) is 0 Å². The minimum Gasteiger partial charge on any atom is -0.493 e. The Morgan fingerprint density at radius 3 is 2.62 bits per heavy atom. The monoisotopic (exact) mass is 330 g/mol. The summed E-state index contributed by atoms with van der Waals surface area (Å²) in [6.45, 7) is 0.805. The summed E-state index contributed by atoms with van der Waals surface area (Å²) in [4.78, 5) is 10.8. The quantitative estimate of drug-likeness (QED) is 0.646. The SMILES string of the molecule is COc1cc(CNC[C@H](O)c2ccccc2)ccc1OCC(N)=O. The molecule has 0 aliphatic heterocycles. The Kier molecular flexibility index (Phi) is 6.60. The van der Waals surface area contributed by atoms with Crippen LogP contribution in [0.5, 0.6) is 11.5 Å². The number of methoxy groups -OCH3 is 1. The van der Waals surface area contributed by atoms with Crippen LogP contribution in [-0.4, -0.2) is 31.3 Å². The summed E-state index contributed by atoms with van der Waals surface area (Å²) in [5.41, 5.74) is 6.91. The molecule has 2 aromatic rings. The standard InChI is InChI=1S/C18H22N2O4/c1-23-17-9-13(7-8-16(17)24-12-18(19)22)10-20-11-15(21)14-5-3-2-4-6-14/h2-9,15,20-21H,10-12H2,1H3,(H2,19,22)/t15-/m0/s1. The Morgan fingerprint density at radius 1 is 1.21 bits per heavy atom. The van der Waals surface area contributed by atoms with Gasteiger partial charge in [-0.15, -0.1) is 0 Å². The third-order valence-electron chi connectivity index (χ3n) is 3.45. The second-order valence-electron chi connectivity index (χ2n) is 5.30. The van der Waals surface area contributed by atoms with E-state index >= 15 is 0 Å². The van der Waals surface area contributed by atoms with Crippen molar-refractivity contribution in [3.05, 3.63) is 59.7 Å². The molecular weight excluding hydrogens is 308 g/mol. The number of aliphatic hydroxyl groups excluding tert-OH is 1. The average molecular weight is 330 g/mol. The van der Waals surface area contributed by atoms with Gasteiger partial charge in [0.25, 0.3) is 5.91 Å². The fourth-order valence-corrected chi connectivity index (χ4v) is 2.24. The van der Waals surface area contributed by atoms with Crippen LogP contribution in [0.25, 0.3) is 0 Å². The maximum atomic E-state index is 10.8. The average Bonchev–Trinajstić information content (AvgIpc) is 2.61. The Morgan fingerprint density at radius 2 is 1.96 bits per heavy atom. The first-order valence-corrected chi connectivity index (χ1v) is 7.62. The summed E-state index contributed by atoms with van der Waals surface area (Å²) in [5.74, 6) is 0.446. The highest BCUT2D eigenvalue weighted by molar-refractivity contribution is 5.75. The topological polar surface area (TPSA) is 93.8 Å². The van der Waals surface area contributed by atoms with Gasteiger partial charge >= 0.3 is 0 Å². The molecule has 0 fully saturated rings. The van der Waals surface area contributed by atoms with Crippen molar-refractivity contribution in [3.8, 4) is 11.5 Å². The molecule has 2 aromatic carbocycles. The lowest BCUT2D eigenvalue weighted by Crippen LogP contribution is -2.21. The van der Waals surface area contributed by atoms with E-state index in [2.05, 4.69) is 5.32 Å². The van der Waals surface area contributed by atoms with Crippen LogP contribution >= 0.6 is 0 Å². The molecular formula is C18H22N2O4. The Balaban J connectivity index is 1.89. The van der Waals surface area contributed by atoms with Gasteiger partial charge in [0.15, 0.2) is 18.1 Å². The summed E-state index contributed by atoms with van der Waals surface area (Å²) in [7, 11) is 1.53. The number of amides is 1. The molecule has 4 N–H and O–H groups in total. The maximum Gasteiger partial charge on any atom is 0.255 e. The lowest BCUT2D eigenvalue weighted by molar-refractivity contribution is -0.119. The molecule has 0 saturated heterocycles. The zero-order valence-corrected chi connectivity index (χ0v) is 13.6. The van der Waals surface area contributed by atoms with E-state index in [-0.39, 0.29) is 6.61 Å². The largest absolute Gasteiger partial charge is 0.493 e. The summed E-state index contributed by atoms with van der Waals surface area (Å²) in [5, 5.41) is 13.3. The second kappa shape index (κ2) is 8.90.